The first-order valence-electron chi connectivity index (χ1n) is 17.1. The van der Waals surface area contributed by atoms with Crippen molar-refractivity contribution in [3.63, 3.8) is 0 Å². The molecule has 2 aromatic heterocycles. The van der Waals surface area contributed by atoms with Crippen molar-refractivity contribution in [3.05, 3.63) is 71.2 Å². The number of nitrogens with zero attached hydrogens (tertiary/aromatic N) is 3. The number of imidazole rings is 1. The Hall–Kier alpha value is -3.95. The SMILES string of the molecule is Cc1cc2c(cc1F)-c1cccc(c1)-c1cn3c(c([C@H](OC(C)(C)C)C(=O)O)c(C)cc3n1)N1CCC(C)(CC1)OCCCC[C@H](C)O2. The van der Waals surface area contributed by atoms with Gasteiger partial charge in [-0.15, -0.1) is 0 Å². The molecule has 1 saturated heterocycles. The Kier molecular flexibility index (Phi) is 9.30. The van der Waals surface area contributed by atoms with Crippen molar-refractivity contribution in [2.75, 3.05) is 24.6 Å². The number of benzene rings is 2. The Morgan fingerprint density at radius 1 is 1.08 bits per heavy atom. The highest BCUT2D eigenvalue weighted by atomic mass is 19.1. The molecule has 0 amide bonds. The van der Waals surface area contributed by atoms with Crippen LogP contribution in [0.3, 0.4) is 0 Å². The number of hydrogen-bond acceptors (Lipinski definition) is 6. The highest BCUT2D eigenvalue weighted by Gasteiger charge is 2.37. The second-order valence-corrected chi connectivity index (χ2v) is 14.8. The molecule has 0 aliphatic carbocycles. The van der Waals surface area contributed by atoms with E-state index in [9.17, 15) is 9.90 Å². The van der Waals surface area contributed by atoms with Gasteiger partial charge >= 0.3 is 5.97 Å². The van der Waals surface area contributed by atoms with Gasteiger partial charge < -0.3 is 24.2 Å². The number of piperidine rings is 1. The topological polar surface area (TPSA) is 85.5 Å². The monoisotopic (exact) mass is 657 g/mol. The van der Waals surface area contributed by atoms with Gasteiger partial charge in [-0.3, -0.25) is 4.40 Å². The number of rotatable bonds is 3. The molecule has 9 heteroatoms. The van der Waals surface area contributed by atoms with Crippen LogP contribution in [0.4, 0.5) is 10.2 Å². The van der Waals surface area contributed by atoms with Gasteiger partial charge in [0.25, 0.3) is 0 Å². The molecular weight excluding hydrogens is 609 g/mol. The fourth-order valence-corrected chi connectivity index (χ4v) is 6.90. The fraction of sp³-hybridized carbons (Fsp3) is 0.487. The predicted octanol–water partition coefficient (Wildman–Crippen LogP) is 8.69. The van der Waals surface area contributed by atoms with Crippen molar-refractivity contribution in [2.45, 2.75) is 104 Å². The van der Waals surface area contributed by atoms with Gasteiger partial charge in [-0.05, 0) is 122 Å². The van der Waals surface area contributed by atoms with Crippen molar-refractivity contribution >= 4 is 17.4 Å². The number of hydrogen-bond donors (Lipinski definition) is 1. The highest BCUT2D eigenvalue weighted by Crippen LogP contribution is 2.40. The quantitative estimate of drug-likeness (QED) is 0.236. The molecule has 5 heterocycles. The summed E-state index contributed by atoms with van der Waals surface area (Å²) in [5.74, 6) is 0.104. The Balaban J connectivity index is 1.54. The van der Waals surface area contributed by atoms with Crippen LogP contribution < -0.4 is 9.64 Å². The van der Waals surface area contributed by atoms with Gasteiger partial charge in [-0.1, -0.05) is 18.2 Å². The average Bonchev–Trinajstić information content (AvgIpc) is 3.44. The lowest BCUT2D eigenvalue weighted by Crippen LogP contribution is -2.45. The summed E-state index contributed by atoms with van der Waals surface area (Å²) in [4.78, 5) is 20.2. The first-order valence-corrected chi connectivity index (χ1v) is 17.1. The number of pyridine rings is 1. The number of carboxylic acids is 1. The Morgan fingerprint density at radius 3 is 2.52 bits per heavy atom. The zero-order chi connectivity index (χ0) is 34.4. The number of halogens is 1. The van der Waals surface area contributed by atoms with Crippen LogP contribution in [0, 0.1) is 19.7 Å². The molecule has 0 radical (unpaired) electrons. The maximum atomic E-state index is 15.0. The summed E-state index contributed by atoms with van der Waals surface area (Å²) >= 11 is 0. The van der Waals surface area contributed by atoms with Crippen LogP contribution in [0.5, 0.6) is 5.75 Å². The molecule has 4 aromatic rings. The number of aryl methyl sites for hydroxylation is 2. The van der Waals surface area contributed by atoms with Crippen LogP contribution in [0.25, 0.3) is 28.0 Å². The standard InChI is InChI=1S/C39H48FN3O5/c1-24-19-32-29(22-30(24)40)27-12-10-13-28(21-27)31-23-43-33(41-31)20-25(2)34(35(37(44)45)48-38(4,5)6)36(43)42-16-14-39(7,15-17-42)46-18-9-8-11-26(3)47-32/h10,12-13,19-23,26,35H,8-9,11,14-18H2,1-7H3,(H,44,45)/t26-,35-/m0/s1. The number of carboxylic acid groups (broad SMARTS) is 1. The first-order chi connectivity index (χ1) is 22.7. The van der Waals surface area contributed by atoms with Gasteiger partial charge in [0.1, 0.15) is 23.0 Å². The van der Waals surface area contributed by atoms with Gasteiger partial charge in [-0.25, -0.2) is 14.2 Å². The van der Waals surface area contributed by atoms with E-state index in [-0.39, 0.29) is 17.5 Å². The maximum absolute atomic E-state index is 15.0. The average molecular weight is 658 g/mol. The Bertz CT molecular complexity index is 1820. The zero-order valence-corrected chi connectivity index (χ0v) is 29.2. The van der Waals surface area contributed by atoms with E-state index in [1.165, 1.54) is 0 Å². The lowest BCUT2D eigenvalue weighted by Gasteiger charge is -2.41. The summed E-state index contributed by atoms with van der Waals surface area (Å²) in [7, 11) is 0. The summed E-state index contributed by atoms with van der Waals surface area (Å²) in [6.45, 7) is 15.6. The van der Waals surface area contributed by atoms with Crippen molar-refractivity contribution in [3.8, 4) is 28.1 Å². The van der Waals surface area contributed by atoms with E-state index >= 15 is 4.39 Å². The molecule has 1 N–H and O–H groups in total. The molecule has 0 unspecified atom stereocenters. The number of ether oxygens (including phenoxy) is 3. The smallest absolute Gasteiger partial charge is 0.337 e. The number of aliphatic carboxylic acids is 1. The third-order valence-corrected chi connectivity index (χ3v) is 9.57. The van der Waals surface area contributed by atoms with E-state index in [2.05, 4.69) is 18.7 Å². The van der Waals surface area contributed by atoms with E-state index in [0.717, 1.165) is 60.3 Å². The number of fused-ring (bicyclic) bond motifs is 8. The Morgan fingerprint density at radius 2 is 1.81 bits per heavy atom. The van der Waals surface area contributed by atoms with E-state index in [4.69, 9.17) is 19.2 Å². The molecule has 48 heavy (non-hydrogen) atoms. The van der Waals surface area contributed by atoms with Gasteiger partial charge in [0, 0.05) is 42.6 Å². The van der Waals surface area contributed by atoms with Crippen LogP contribution in [0.15, 0.2) is 48.7 Å². The molecule has 8 nitrogen and oxygen atoms in total. The molecule has 0 spiro atoms. The van der Waals surface area contributed by atoms with E-state index < -0.39 is 17.7 Å². The second kappa shape index (κ2) is 13.2. The molecule has 0 saturated carbocycles. The minimum absolute atomic E-state index is 0.0487. The molecule has 6 bridgehead atoms. The maximum Gasteiger partial charge on any atom is 0.337 e. The third-order valence-electron chi connectivity index (χ3n) is 9.57. The summed E-state index contributed by atoms with van der Waals surface area (Å²) in [5.41, 5.74) is 4.80. The fourth-order valence-electron chi connectivity index (χ4n) is 6.90. The third kappa shape index (κ3) is 7.08. The number of anilines is 1. The van der Waals surface area contributed by atoms with Crippen molar-refractivity contribution in [1.29, 1.82) is 0 Å². The van der Waals surface area contributed by atoms with Gasteiger partial charge in [0.2, 0.25) is 0 Å². The highest BCUT2D eigenvalue weighted by molar-refractivity contribution is 5.80. The van der Waals surface area contributed by atoms with Gasteiger partial charge in [-0.2, -0.15) is 0 Å². The summed E-state index contributed by atoms with van der Waals surface area (Å²) in [6, 6.07) is 13.2. The van der Waals surface area contributed by atoms with Crippen molar-refractivity contribution in [2.24, 2.45) is 0 Å². The van der Waals surface area contributed by atoms with Crippen LogP contribution in [-0.2, 0) is 14.3 Å². The summed E-state index contributed by atoms with van der Waals surface area (Å²) in [6.07, 6.45) is 5.07. The molecule has 3 aliphatic rings. The van der Waals surface area contributed by atoms with Crippen LogP contribution in [0.1, 0.15) is 89.5 Å². The van der Waals surface area contributed by atoms with E-state index in [1.54, 1.807) is 19.1 Å². The largest absolute Gasteiger partial charge is 0.490 e. The van der Waals surface area contributed by atoms with Gasteiger partial charge in [0.05, 0.1) is 23.0 Å². The molecule has 1 fully saturated rings. The minimum atomic E-state index is -1.18. The Labute approximate surface area is 282 Å². The minimum Gasteiger partial charge on any atom is -0.490 e. The van der Waals surface area contributed by atoms with Crippen LogP contribution in [-0.4, -0.2) is 57.5 Å². The lowest BCUT2D eigenvalue weighted by molar-refractivity contribution is -0.160. The van der Waals surface area contributed by atoms with E-state index in [0.29, 0.717) is 47.8 Å². The van der Waals surface area contributed by atoms with Crippen molar-refractivity contribution < 1.29 is 28.5 Å². The second-order valence-electron chi connectivity index (χ2n) is 14.8. The molecule has 2 aromatic carbocycles. The molecule has 3 aliphatic heterocycles. The lowest BCUT2D eigenvalue weighted by atomic mass is 9.92. The van der Waals surface area contributed by atoms with Crippen molar-refractivity contribution in [1.82, 2.24) is 9.38 Å². The van der Waals surface area contributed by atoms with Crippen LogP contribution >= 0.6 is 0 Å². The zero-order valence-electron chi connectivity index (χ0n) is 29.2. The first kappa shape index (κ1) is 33.9. The predicted molar refractivity (Wildman–Crippen MR) is 186 cm³/mol. The molecule has 2 atom stereocenters. The molecular formula is C39H48FN3O5. The number of carbonyl (C=O) groups is 1. The van der Waals surface area contributed by atoms with Gasteiger partial charge in [0.15, 0.2) is 6.10 Å². The van der Waals surface area contributed by atoms with E-state index in [1.807, 2.05) is 68.6 Å². The van der Waals surface area contributed by atoms with Crippen LogP contribution in [0.2, 0.25) is 0 Å². The normalized spacial score (nSPS) is 21.2. The molecule has 7 rings (SSSR count). The summed E-state index contributed by atoms with van der Waals surface area (Å²) < 4.78 is 36.2. The number of aromatic nitrogens is 2. The summed E-state index contributed by atoms with van der Waals surface area (Å²) in [5, 5.41) is 10.5. The molecule has 256 valence electrons.